The van der Waals surface area contributed by atoms with Gasteiger partial charge in [0.25, 0.3) is 0 Å². The zero-order valence-corrected chi connectivity index (χ0v) is 9.10. The number of ketones is 1. The largest absolute Gasteiger partial charge is 0.331 e. The fraction of sp³-hybridized carbons (Fsp3) is 0.333. The standard InChI is InChI=1S/C12H15N3O/c13-6-5-12(16)10-1-3-11(4-2-10)15-8-7-14-9-15/h1-4,9H,5-8,13H2. The van der Waals surface area contributed by atoms with E-state index in [-0.39, 0.29) is 5.78 Å². The predicted molar refractivity (Wildman–Crippen MR) is 65.1 cm³/mol. The molecule has 0 saturated heterocycles. The molecule has 4 nitrogen and oxygen atoms in total. The van der Waals surface area contributed by atoms with Crippen LogP contribution in [-0.2, 0) is 0 Å². The topological polar surface area (TPSA) is 58.7 Å². The second-order valence-electron chi connectivity index (χ2n) is 3.72. The molecule has 2 N–H and O–H groups in total. The number of hydrogen-bond donors (Lipinski definition) is 1. The monoisotopic (exact) mass is 217 g/mol. The average Bonchev–Trinajstić information content (AvgIpc) is 2.83. The highest BCUT2D eigenvalue weighted by atomic mass is 16.1. The molecule has 0 unspecified atom stereocenters. The number of benzene rings is 1. The van der Waals surface area contributed by atoms with Crippen molar-refractivity contribution in [1.29, 1.82) is 0 Å². The number of carbonyl (C=O) groups excluding carboxylic acids is 1. The van der Waals surface area contributed by atoms with E-state index in [1.165, 1.54) is 0 Å². The van der Waals surface area contributed by atoms with E-state index >= 15 is 0 Å². The third kappa shape index (κ3) is 2.28. The summed E-state index contributed by atoms with van der Waals surface area (Å²) in [5.74, 6) is 0.101. The first-order valence-electron chi connectivity index (χ1n) is 5.41. The third-order valence-electron chi connectivity index (χ3n) is 2.58. The summed E-state index contributed by atoms with van der Waals surface area (Å²) in [5, 5.41) is 0. The van der Waals surface area contributed by atoms with Crippen LogP contribution in [0.25, 0.3) is 0 Å². The Morgan fingerprint density at radius 3 is 2.69 bits per heavy atom. The highest BCUT2D eigenvalue weighted by Gasteiger charge is 2.09. The molecule has 0 radical (unpaired) electrons. The molecule has 0 saturated carbocycles. The molecule has 1 aliphatic rings. The van der Waals surface area contributed by atoms with Crippen LogP contribution in [-0.4, -0.2) is 31.8 Å². The number of Topliss-reactive ketones (excluding diaryl/α,β-unsaturated/α-hetero) is 1. The smallest absolute Gasteiger partial charge is 0.164 e. The maximum atomic E-state index is 11.6. The van der Waals surface area contributed by atoms with Gasteiger partial charge < -0.3 is 10.6 Å². The summed E-state index contributed by atoms with van der Waals surface area (Å²) in [6, 6.07) is 7.58. The lowest BCUT2D eigenvalue weighted by molar-refractivity contribution is 0.0985. The lowest BCUT2D eigenvalue weighted by Crippen LogP contribution is -2.18. The molecule has 0 aliphatic carbocycles. The number of anilines is 1. The van der Waals surface area contributed by atoms with E-state index < -0.39 is 0 Å². The van der Waals surface area contributed by atoms with Gasteiger partial charge in [0.2, 0.25) is 0 Å². The minimum absolute atomic E-state index is 0.101. The Bertz CT molecular complexity index is 397. The third-order valence-corrected chi connectivity index (χ3v) is 2.58. The highest BCUT2D eigenvalue weighted by Crippen LogP contribution is 2.16. The van der Waals surface area contributed by atoms with Gasteiger partial charge in [-0.05, 0) is 30.8 Å². The molecule has 1 aromatic rings. The van der Waals surface area contributed by atoms with E-state index in [0.29, 0.717) is 13.0 Å². The van der Waals surface area contributed by atoms with Crippen LogP contribution in [0.5, 0.6) is 0 Å². The van der Waals surface area contributed by atoms with Crippen LogP contribution >= 0.6 is 0 Å². The maximum Gasteiger partial charge on any atom is 0.164 e. The summed E-state index contributed by atoms with van der Waals surface area (Å²) >= 11 is 0. The lowest BCUT2D eigenvalue weighted by Gasteiger charge is -2.13. The van der Waals surface area contributed by atoms with Crippen LogP contribution in [0.3, 0.4) is 0 Å². The van der Waals surface area contributed by atoms with Crippen molar-refractivity contribution in [1.82, 2.24) is 0 Å². The van der Waals surface area contributed by atoms with E-state index in [2.05, 4.69) is 9.89 Å². The van der Waals surface area contributed by atoms with E-state index in [4.69, 9.17) is 5.73 Å². The van der Waals surface area contributed by atoms with Gasteiger partial charge in [-0.15, -0.1) is 0 Å². The molecule has 1 aromatic carbocycles. The summed E-state index contributed by atoms with van der Waals surface area (Å²) in [5.41, 5.74) is 7.15. The van der Waals surface area contributed by atoms with E-state index in [0.717, 1.165) is 24.3 Å². The Balaban J connectivity index is 2.09. The van der Waals surface area contributed by atoms with E-state index in [1.54, 1.807) is 0 Å². The minimum atomic E-state index is 0.101. The highest BCUT2D eigenvalue weighted by molar-refractivity contribution is 5.96. The Labute approximate surface area is 94.8 Å². The van der Waals surface area contributed by atoms with Gasteiger partial charge in [-0.2, -0.15) is 0 Å². The molecule has 16 heavy (non-hydrogen) atoms. The Morgan fingerprint density at radius 1 is 1.38 bits per heavy atom. The van der Waals surface area contributed by atoms with Crippen molar-refractivity contribution in [3.63, 3.8) is 0 Å². The van der Waals surface area contributed by atoms with Gasteiger partial charge in [0, 0.05) is 24.2 Å². The van der Waals surface area contributed by atoms with Crippen LogP contribution in [0, 0.1) is 0 Å². The number of nitrogens with zero attached hydrogens (tertiary/aromatic N) is 2. The second kappa shape index (κ2) is 4.90. The van der Waals surface area contributed by atoms with Crippen LogP contribution < -0.4 is 10.6 Å². The molecule has 0 atom stereocenters. The second-order valence-corrected chi connectivity index (χ2v) is 3.72. The number of nitrogens with two attached hydrogens (primary N) is 1. The Hall–Kier alpha value is -1.68. The predicted octanol–water partition coefficient (Wildman–Crippen LogP) is 1.07. The molecule has 84 valence electrons. The molecule has 1 heterocycles. The molecular formula is C12H15N3O. The van der Waals surface area contributed by atoms with Crippen LogP contribution in [0.4, 0.5) is 5.69 Å². The first kappa shape index (κ1) is 10.8. The first-order valence-corrected chi connectivity index (χ1v) is 5.41. The van der Waals surface area contributed by atoms with Crippen LogP contribution in [0.1, 0.15) is 16.8 Å². The summed E-state index contributed by atoms with van der Waals surface area (Å²) in [6.07, 6.45) is 2.24. The number of hydrogen-bond acceptors (Lipinski definition) is 4. The molecule has 1 aliphatic heterocycles. The van der Waals surface area contributed by atoms with Gasteiger partial charge in [0.05, 0.1) is 12.9 Å². The van der Waals surface area contributed by atoms with Crippen molar-refractivity contribution in [2.75, 3.05) is 24.5 Å². The Morgan fingerprint density at radius 2 is 2.12 bits per heavy atom. The summed E-state index contributed by atoms with van der Waals surface area (Å²) in [4.78, 5) is 17.8. The molecule has 0 spiro atoms. The number of rotatable bonds is 4. The van der Waals surface area contributed by atoms with Crippen molar-refractivity contribution < 1.29 is 4.79 Å². The SMILES string of the molecule is NCCC(=O)c1ccc(N2C=NCC2)cc1. The van der Waals surface area contributed by atoms with Crippen molar-refractivity contribution in [2.24, 2.45) is 10.7 Å². The zero-order chi connectivity index (χ0) is 11.4. The van der Waals surface area contributed by atoms with Gasteiger partial charge in [-0.25, -0.2) is 0 Å². The van der Waals surface area contributed by atoms with Gasteiger partial charge in [0.1, 0.15) is 0 Å². The molecular weight excluding hydrogens is 202 g/mol. The molecule has 0 fully saturated rings. The van der Waals surface area contributed by atoms with Gasteiger partial charge in [-0.1, -0.05) is 0 Å². The van der Waals surface area contributed by atoms with E-state index in [1.807, 2.05) is 30.6 Å². The zero-order valence-electron chi connectivity index (χ0n) is 9.10. The molecule has 0 amide bonds. The quantitative estimate of drug-likeness (QED) is 0.767. The van der Waals surface area contributed by atoms with Gasteiger partial charge >= 0.3 is 0 Å². The molecule has 0 bridgehead atoms. The van der Waals surface area contributed by atoms with Crippen molar-refractivity contribution in [3.05, 3.63) is 29.8 Å². The summed E-state index contributed by atoms with van der Waals surface area (Å²) in [7, 11) is 0. The van der Waals surface area contributed by atoms with Crippen LogP contribution in [0.15, 0.2) is 29.3 Å². The van der Waals surface area contributed by atoms with E-state index in [9.17, 15) is 4.79 Å². The number of carbonyl (C=O) groups is 1. The van der Waals surface area contributed by atoms with Crippen molar-refractivity contribution in [3.8, 4) is 0 Å². The Kier molecular flexibility index (Phi) is 3.31. The first-order chi connectivity index (χ1) is 7.81. The molecule has 4 heteroatoms. The summed E-state index contributed by atoms with van der Waals surface area (Å²) < 4.78 is 0. The number of aliphatic imine (C=N–C) groups is 1. The summed E-state index contributed by atoms with van der Waals surface area (Å²) in [6.45, 7) is 2.16. The van der Waals surface area contributed by atoms with Gasteiger partial charge in [-0.3, -0.25) is 9.79 Å². The normalized spacial score (nSPS) is 14.4. The van der Waals surface area contributed by atoms with Crippen molar-refractivity contribution >= 4 is 17.8 Å². The van der Waals surface area contributed by atoms with Gasteiger partial charge in [0.15, 0.2) is 5.78 Å². The van der Waals surface area contributed by atoms with Crippen LogP contribution in [0.2, 0.25) is 0 Å². The minimum Gasteiger partial charge on any atom is -0.331 e. The fourth-order valence-corrected chi connectivity index (χ4v) is 1.69. The molecule has 2 rings (SSSR count). The maximum absolute atomic E-state index is 11.6. The lowest BCUT2D eigenvalue weighted by atomic mass is 10.1. The fourth-order valence-electron chi connectivity index (χ4n) is 1.69. The molecule has 0 aromatic heterocycles. The van der Waals surface area contributed by atoms with Crippen molar-refractivity contribution in [2.45, 2.75) is 6.42 Å². The average molecular weight is 217 g/mol.